The van der Waals surface area contributed by atoms with Crippen molar-refractivity contribution in [1.29, 1.82) is 0 Å². The van der Waals surface area contributed by atoms with E-state index >= 15 is 0 Å². The number of nitrogens with zero attached hydrogens (tertiary/aromatic N) is 1. The molecule has 2 unspecified atom stereocenters. The van der Waals surface area contributed by atoms with Crippen LogP contribution in [0.5, 0.6) is 0 Å². The molecule has 0 amide bonds. The van der Waals surface area contributed by atoms with Gasteiger partial charge in [0.2, 0.25) is 0 Å². The number of anilines is 1. The third-order valence-electron chi connectivity index (χ3n) is 3.67. The van der Waals surface area contributed by atoms with Gasteiger partial charge in [-0.3, -0.25) is 0 Å². The molecule has 2 rings (SSSR count). The van der Waals surface area contributed by atoms with Gasteiger partial charge in [0.1, 0.15) is 0 Å². The quantitative estimate of drug-likeness (QED) is 0.769. The minimum Gasteiger partial charge on any atom is -0.398 e. The van der Waals surface area contributed by atoms with E-state index in [1.165, 1.54) is 0 Å². The predicted molar refractivity (Wildman–Crippen MR) is 70.8 cm³/mol. The Kier molecular flexibility index (Phi) is 3.69. The lowest BCUT2D eigenvalue weighted by atomic mass is 9.87. The second-order valence-corrected chi connectivity index (χ2v) is 5.24. The number of hydrogen-bond donors (Lipinski definition) is 2. The van der Waals surface area contributed by atoms with E-state index in [1.54, 1.807) is 0 Å². The summed E-state index contributed by atoms with van der Waals surface area (Å²) >= 11 is 0. The van der Waals surface area contributed by atoms with Gasteiger partial charge >= 0.3 is 0 Å². The average molecular weight is 234 g/mol. The smallest absolute Gasteiger partial charge is 0.0850 e. The monoisotopic (exact) mass is 234 g/mol. The Morgan fingerprint density at radius 1 is 1.47 bits per heavy atom. The van der Waals surface area contributed by atoms with Crippen LogP contribution in [-0.2, 0) is 0 Å². The van der Waals surface area contributed by atoms with Gasteiger partial charge in [-0.25, -0.2) is 0 Å². The average Bonchev–Trinajstić information content (AvgIpc) is 2.31. The summed E-state index contributed by atoms with van der Waals surface area (Å²) in [5, 5.41) is 10.5. The molecular weight excluding hydrogens is 212 g/mol. The molecule has 1 aliphatic rings. The van der Waals surface area contributed by atoms with E-state index in [1.807, 2.05) is 25.1 Å². The van der Waals surface area contributed by atoms with Gasteiger partial charge in [0.05, 0.1) is 6.10 Å². The lowest BCUT2D eigenvalue weighted by Crippen LogP contribution is -2.35. The number of aliphatic hydroxyl groups is 1. The van der Waals surface area contributed by atoms with Gasteiger partial charge in [-0.15, -0.1) is 0 Å². The van der Waals surface area contributed by atoms with Crippen LogP contribution < -0.4 is 5.73 Å². The van der Waals surface area contributed by atoms with Gasteiger partial charge in [0, 0.05) is 23.7 Å². The van der Waals surface area contributed by atoms with Gasteiger partial charge in [-0.05, 0) is 39.4 Å². The summed E-state index contributed by atoms with van der Waals surface area (Å²) in [6.45, 7) is 4.11. The molecule has 1 aromatic carbocycles. The first-order chi connectivity index (χ1) is 8.08. The molecule has 1 aromatic rings. The van der Waals surface area contributed by atoms with E-state index in [4.69, 9.17) is 5.73 Å². The van der Waals surface area contributed by atoms with Crippen molar-refractivity contribution in [2.24, 2.45) is 5.92 Å². The normalized spacial score (nSPS) is 23.6. The summed E-state index contributed by atoms with van der Waals surface area (Å²) in [4.78, 5) is 2.28. The molecule has 94 valence electrons. The van der Waals surface area contributed by atoms with E-state index in [-0.39, 0.29) is 0 Å². The molecule has 1 heterocycles. The number of benzene rings is 1. The van der Waals surface area contributed by atoms with Crippen LogP contribution in [0.2, 0.25) is 0 Å². The molecule has 0 saturated carbocycles. The lowest BCUT2D eigenvalue weighted by Gasteiger charge is -2.33. The first-order valence-corrected chi connectivity index (χ1v) is 6.30. The maximum atomic E-state index is 10.5. The summed E-state index contributed by atoms with van der Waals surface area (Å²) in [7, 11) is 2.11. The molecule has 0 aliphatic carbocycles. The predicted octanol–water partition coefficient (Wildman–Crippen LogP) is 1.95. The maximum absolute atomic E-state index is 10.5. The minimum absolute atomic E-state index is 0.304. The van der Waals surface area contributed by atoms with Gasteiger partial charge in [0.25, 0.3) is 0 Å². The molecule has 1 aliphatic heterocycles. The molecule has 1 saturated heterocycles. The van der Waals surface area contributed by atoms with Crippen LogP contribution in [0.25, 0.3) is 0 Å². The Balaban J connectivity index is 2.18. The van der Waals surface area contributed by atoms with Crippen LogP contribution in [0, 0.1) is 12.8 Å². The Hall–Kier alpha value is -1.06. The summed E-state index contributed by atoms with van der Waals surface area (Å²) < 4.78 is 0. The van der Waals surface area contributed by atoms with Crippen LogP contribution in [0.3, 0.4) is 0 Å². The second-order valence-electron chi connectivity index (χ2n) is 5.24. The third kappa shape index (κ3) is 2.79. The van der Waals surface area contributed by atoms with E-state index in [0.29, 0.717) is 11.6 Å². The molecule has 17 heavy (non-hydrogen) atoms. The highest BCUT2D eigenvalue weighted by atomic mass is 16.3. The molecule has 2 atom stereocenters. The SMILES string of the molecule is Cc1ccc(N)c(C(O)C2CCCN(C)C2)c1. The minimum atomic E-state index is -0.433. The summed E-state index contributed by atoms with van der Waals surface area (Å²) in [6.07, 6.45) is 1.81. The summed E-state index contributed by atoms with van der Waals surface area (Å²) in [5.74, 6) is 0.304. The molecular formula is C14H22N2O. The van der Waals surface area contributed by atoms with E-state index < -0.39 is 6.10 Å². The van der Waals surface area contributed by atoms with Crippen molar-refractivity contribution in [1.82, 2.24) is 4.90 Å². The van der Waals surface area contributed by atoms with E-state index in [2.05, 4.69) is 11.9 Å². The number of likely N-dealkylation sites (tertiary alicyclic amines) is 1. The van der Waals surface area contributed by atoms with Crippen molar-refractivity contribution in [3.8, 4) is 0 Å². The standard InChI is InChI=1S/C14H22N2O/c1-10-5-6-13(15)12(8-10)14(17)11-4-3-7-16(2)9-11/h5-6,8,11,14,17H,3-4,7,9,15H2,1-2H3. The highest BCUT2D eigenvalue weighted by Gasteiger charge is 2.26. The zero-order valence-corrected chi connectivity index (χ0v) is 10.7. The lowest BCUT2D eigenvalue weighted by molar-refractivity contribution is 0.0596. The molecule has 3 N–H and O–H groups in total. The summed E-state index contributed by atoms with van der Waals surface area (Å²) in [6, 6.07) is 5.88. The molecule has 1 fully saturated rings. The largest absolute Gasteiger partial charge is 0.398 e. The van der Waals surface area contributed by atoms with Crippen LogP contribution in [0.1, 0.15) is 30.1 Å². The molecule has 3 nitrogen and oxygen atoms in total. The number of hydrogen-bond acceptors (Lipinski definition) is 3. The molecule has 0 spiro atoms. The van der Waals surface area contributed by atoms with Crippen LogP contribution >= 0.6 is 0 Å². The van der Waals surface area contributed by atoms with Gasteiger partial charge < -0.3 is 15.7 Å². The van der Waals surface area contributed by atoms with Crippen molar-refractivity contribution < 1.29 is 5.11 Å². The number of aliphatic hydroxyl groups excluding tert-OH is 1. The molecule has 0 aromatic heterocycles. The summed E-state index contributed by atoms with van der Waals surface area (Å²) in [5.41, 5.74) is 8.71. The van der Waals surface area contributed by atoms with Gasteiger partial charge in [-0.2, -0.15) is 0 Å². The van der Waals surface area contributed by atoms with Crippen molar-refractivity contribution in [3.05, 3.63) is 29.3 Å². The number of nitrogens with two attached hydrogens (primary N) is 1. The Bertz CT molecular complexity index is 392. The zero-order valence-electron chi connectivity index (χ0n) is 10.7. The first-order valence-electron chi connectivity index (χ1n) is 6.30. The van der Waals surface area contributed by atoms with Crippen molar-refractivity contribution in [2.75, 3.05) is 25.9 Å². The van der Waals surface area contributed by atoms with Gasteiger partial charge in [0.15, 0.2) is 0 Å². The fourth-order valence-electron chi connectivity index (χ4n) is 2.67. The fourth-order valence-corrected chi connectivity index (χ4v) is 2.67. The molecule has 0 radical (unpaired) electrons. The van der Waals surface area contributed by atoms with Crippen molar-refractivity contribution >= 4 is 5.69 Å². The number of rotatable bonds is 2. The Morgan fingerprint density at radius 3 is 2.94 bits per heavy atom. The Morgan fingerprint density at radius 2 is 2.24 bits per heavy atom. The van der Waals surface area contributed by atoms with Crippen molar-refractivity contribution in [2.45, 2.75) is 25.9 Å². The first kappa shape index (κ1) is 12.4. The third-order valence-corrected chi connectivity index (χ3v) is 3.67. The molecule has 0 bridgehead atoms. The maximum Gasteiger partial charge on any atom is 0.0850 e. The van der Waals surface area contributed by atoms with Crippen LogP contribution in [0.15, 0.2) is 18.2 Å². The van der Waals surface area contributed by atoms with E-state index in [0.717, 1.165) is 37.1 Å². The fraction of sp³-hybridized carbons (Fsp3) is 0.571. The number of aryl methyl sites for hydroxylation is 1. The van der Waals surface area contributed by atoms with Crippen LogP contribution in [0.4, 0.5) is 5.69 Å². The topological polar surface area (TPSA) is 49.5 Å². The highest BCUT2D eigenvalue weighted by molar-refractivity contribution is 5.49. The van der Waals surface area contributed by atoms with E-state index in [9.17, 15) is 5.11 Å². The van der Waals surface area contributed by atoms with Crippen LogP contribution in [-0.4, -0.2) is 30.1 Å². The van der Waals surface area contributed by atoms with Crippen molar-refractivity contribution in [3.63, 3.8) is 0 Å². The number of piperidine rings is 1. The van der Waals surface area contributed by atoms with Gasteiger partial charge in [-0.1, -0.05) is 17.7 Å². The number of nitrogen functional groups attached to an aromatic ring is 1. The molecule has 3 heteroatoms. The zero-order chi connectivity index (χ0) is 12.4. The Labute approximate surface area is 103 Å². The highest BCUT2D eigenvalue weighted by Crippen LogP contribution is 2.32. The second kappa shape index (κ2) is 5.07.